The second-order valence-electron chi connectivity index (χ2n) is 3.64. The van der Waals surface area contributed by atoms with Crippen LogP contribution in [0.2, 0.25) is 0 Å². The molecule has 2 N–H and O–H groups in total. The van der Waals surface area contributed by atoms with Gasteiger partial charge in [-0.15, -0.1) is 0 Å². The minimum Gasteiger partial charge on any atom is -0.490 e. The van der Waals surface area contributed by atoms with Crippen LogP contribution in [0.25, 0.3) is 11.3 Å². The molecule has 2 aromatic rings. The van der Waals surface area contributed by atoms with Gasteiger partial charge in [0.15, 0.2) is 0 Å². The highest BCUT2D eigenvalue weighted by atomic mass is 16.5. The van der Waals surface area contributed by atoms with Crippen LogP contribution in [0, 0.1) is 0 Å². The molecule has 0 saturated heterocycles. The van der Waals surface area contributed by atoms with Crippen molar-refractivity contribution >= 4 is 5.95 Å². The second kappa shape index (κ2) is 5.97. The summed E-state index contributed by atoms with van der Waals surface area (Å²) in [6, 6.07) is 9.47. The summed E-state index contributed by atoms with van der Waals surface area (Å²) in [6.07, 6.45) is 1.63. The summed E-state index contributed by atoms with van der Waals surface area (Å²) in [5, 5.41) is 0. The zero-order valence-corrected chi connectivity index (χ0v) is 10.2. The molecular formula is C13H15N3O2. The predicted octanol–water partition coefficient (Wildman–Crippen LogP) is 1.75. The minimum absolute atomic E-state index is 0.249. The van der Waals surface area contributed by atoms with E-state index in [0.717, 1.165) is 17.0 Å². The van der Waals surface area contributed by atoms with Gasteiger partial charge in [-0.1, -0.05) is 12.1 Å². The van der Waals surface area contributed by atoms with Gasteiger partial charge in [-0.3, -0.25) is 0 Å². The number of nitrogens with zero attached hydrogens (tertiary/aromatic N) is 2. The molecule has 18 heavy (non-hydrogen) atoms. The smallest absolute Gasteiger partial charge is 0.220 e. The van der Waals surface area contributed by atoms with Gasteiger partial charge >= 0.3 is 0 Å². The van der Waals surface area contributed by atoms with Crippen molar-refractivity contribution < 1.29 is 9.47 Å². The third-order valence-corrected chi connectivity index (χ3v) is 2.38. The number of aromatic nitrogens is 2. The third-order valence-electron chi connectivity index (χ3n) is 2.38. The number of ether oxygens (including phenoxy) is 2. The Hall–Kier alpha value is -2.14. The Morgan fingerprint density at radius 3 is 2.78 bits per heavy atom. The Labute approximate surface area is 106 Å². The van der Waals surface area contributed by atoms with Gasteiger partial charge in [0.05, 0.1) is 12.3 Å². The minimum atomic E-state index is 0.249. The average molecular weight is 245 g/mol. The van der Waals surface area contributed by atoms with Crippen LogP contribution in [0.1, 0.15) is 0 Å². The number of rotatable bonds is 5. The van der Waals surface area contributed by atoms with Crippen molar-refractivity contribution in [1.29, 1.82) is 0 Å². The Morgan fingerprint density at radius 1 is 1.17 bits per heavy atom. The van der Waals surface area contributed by atoms with E-state index in [1.807, 2.05) is 24.3 Å². The van der Waals surface area contributed by atoms with Crippen molar-refractivity contribution in [1.82, 2.24) is 9.97 Å². The van der Waals surface area contributed by atoms with Crippen LogP contribution in [0.15, 0.2) is 36.5 Å². The maximum Gasteiger partial charge on any atom is 0.220 e. The number of nitrogen functional groups attached to an aromatic ring is 1. The number of benzene rings is 1. The molecule has 0 amide bonds. The first kappa shape index (κ1) is 12.3. The zero-order valence-electron chi connectivity index (χ0n) is 10.2. The SMILES string of the molecule is COCCOc1ccccc1-c1ccnc(N)n1. The Kier molecular flexibility index (Phi) is 4.09. The molecule has 0 bridgehead atoms. The maximum atomic E-state index is 5.65. The molecule has 1 heterocycles. The highest BCUT2D eigenvalue weighted by Crippen LogP contribution is 2.28. The van der Waals surface area contributed by atoms with E-state index in [2.05, 4.69) is 9.97 Å². The molecule has 0 aliphatic carbocycles. The first-order valence-electron chi connectivity index (χ1n) is 5.61. The summed E-state index contributed by atoms with van der Waals surface area (Å²) in [4.78, 5) is 8.06. The van der Waals surface area contributed by atoms with Crippen LogP contribution in [0.3, 0.4) is 0 Å². The fraction of sp³-hybridized carbons (Fsp3) is 0.231. The van der Waals surface area contributed by atoms with E-state index in [9.17, 15) is 0 Å². The lowest BCUT2D eigenvalue weighted by atomic mass is 10.1. The molecule has 0 unspecified atom stereocenters. The standard InChI is InChI=1S/C13H15N3O2/c1-17-8-9-18-12-5-3-2-4-10(12)11-6-7-15-13(14)16-11/h2-7H,8-9H2,1H3,(H2,14,15,16). The highest BCUT2D eigenvalue weighted by Gasteiger charge is 2.07. The van der Waals surface area contributed by atoms with Crippen LogP contribution < -0.4 is 10.5 Å². The first-order chi connectivity index (χ1) is 8.81. The van der Waals surface area contributed by atoms with Crippen molar-refractivity contribution in [2.45, 2.75) is 0 Å². The molecule has 0 saturated carbocycles. The van der Waals surface area contributed by atoms with Gasteiger partial charge in [0.1, 0.15) is 12.4 Å². The van der Waals surface area contributed by atoms with E-state index in [0.29, 0.717) is 13.2 Å². The van der Waals surface area contributed by atoms with Crippen molar-refractivity contribution in [2.24, 2.45) is 0 Å². The number of methoxy groups -OCH3 is 1. The normalized spacial score (nSPS) is 10.3. The van der Waals surface area contributed by atoms with Crippen LogP contribution in [-0.4, -0.2) is 30.3 Å². The number of para-hydroxylation sites is 1. The number of nitrogens with two attached hydrogens (primary N) is 1. The molecule has 2 rings (SSSR count). The van der Waals surface area contributed by atoms with Gasteiger partial charge in [-0.2, -0.15) is 0 Å². The largest absolute Gasteiger partial charge is 0.490 e. The zero-order chi connectivity index (χ0) is 12.8. The molecule has 0 spiro atoms. The monoisotopic (exact) mass is 245 g/mol. The van der Waals surface area contributed by atoms with Gasteiger partial charge < -0.3 is 15.2 Å². The Balaban J connectivity index is 2.27. The van der Waals surface area contributed by atoms with Gasteiger partial charge in [-0.25, -0.2) is 9.97 Å². The summed E-state index contributed by atoms with van der Waals surface area (Å²) < 4.78 is 10.6. The van der Waals surface area contributed by atoms with E-state index in [1.54, 1.807) is 19.4 Å². The Bertz CT molecular complexity index is 517. The average Bonchev–Trinajstić information content (AvgIpc) is 2.40. The molecule has 5 heteroatoms. The van der Waals surface area contributed by atoms with E-state index >= 15 is 0 Å². The van der Waals surface area contributed by atoms with Crippen LogP contribution >= 0.6 is 0 Å². The number of hydrogen-bond acceptors (Lipinski definition) is 5. The second-order valence-corrected chi connectivity index (χ2v) is 3.64. The van der Waals surface area contributed by atoms with Gasteiger partial charge in [0.2, 0.25) is 5.95 Å². The highest BCUT2D eigenvalue weighted by molar-refractivity contribution is 5.67. The van der Waals surface area contributed by atoms with E-state index < -0.39 is 0 Å². The fourth-order valence-electron chi connectivity index (χ4n) is 1.56. The van der Waals surface area contributed by atoms with Crippen LogP contribution in [0.5, 0.6) is 5.75 Å². The van der Waals surface area contributed by atoms with Crippen molar-refractivity contribution in [3.05, 3.63) is 36.5 Å². The van der Waals surface area contributed by atoms with Crippen LogP contribution in [0.4, 0.5) is 5.95 Å². The van der Waals surface area contributed by atoms with Crippen molar-refractivity contribution in [2.75, 3.05) is 26.1 Å². The molecule has 0 aliphatic rings. The molecule has 5 nitrogen and oxygen atoms in total. The summed E-state index contributed by atoms with van der Waals surface area (Å²) in [5.74, 6) is 1.01. The van der Waals surface area contributed by atoms with Gasteiger partial charge in [-0.05, 0) is 18.2 Å². The quantitative estimate of drug-likeness (QED) is 0.813. The maximum absolute atomic E-state index is 5.65. The van der Waals surface area contributed by atoms with Crippen molar-refractivity contribution in [3.63, 3.8) is 0 Å². The number of hydrogen-bond donors (Lipinski definition) is 1. The lowest BCUT2D eigenvalue weighted by molar-refractivity contribution is 0.146. The first-order valence-corrected chi connectivity index (χ1v) is 5.61. The molecule has 94 valence electrons. The molecule has 0 fully saturated rings. The molecular weight excluding hydrogens is 230 g/mol. The Morgan fingerprint density at radius 2 is 2.00 bits per heavy atom. The lowest BCUT2D eigenvalue weighted by Crippen LogP contribution is -2.05. The molecule has 0 atom stereocenters. The summed E-state index contributed by atoms with van der Waals surface area (Å²) >= 11 is 0. The predicted molar refractivity (Wildman–Crippen MR) is 69.3 cm³/mol. The van der Waals surface area contributed by atoms with E-state index in [4.69, 9.17) is 15.2 Å². The summed E-state index contributed by atoms with van der Waals surface area (Å²) in [5.41, 5.74) is 7.22. The lowest BCUT2D eigenvalue weighted by Gasteiger charge is -2.10. The van der Waals surface area contributed by atoms with Gasteiger partial charge in [0, 0.05) is 18.9 Å². The van der Waals surface area contributed by atoms with Crippen molar-refractivity contribution in [3.8, 4) is 17.0 Å². The topological polar surface area (TPSA) is 70.3 Å². The van der Waals surface area contributed by atoms with E-state index in [1.165, 1.54) is 0 Å². The molecule has 0 radical (unpaired) electrons. The summed E-state index contributed by atoms with van der Waals surface area (Å²) in [6.45, 7) is 1.04. The van der Waals surface area contributed by atoms with E-state index in [-0.39, 0.29) is 5.95 Å². The molecule has 1 aromatic carbocycles. The third kappa shape index (κ3) is 2.95. The fourth-order valence-corrected chi connectivity index (χ4v) is 1.56. The molecule has 0 aliphatic heterocycles. The molecule has 1 aromatic heterocycles. The summed E-state index contributed by atoms with van der Waals surface area (Å²) in [7, 11) is 1.64. The number of anilines is 1. The van der Waals surface area contributed by atoms with Crippen LogP contribution in [-0.2, 0) is 4.74 Å². The van der Waals surface area contributed by atoms with Gasteiger partial charge in [0.25, 0.3) is 0 Å².